The third-order valence-corrected chi connectivity index (χ3v) is 2.38. The maximum absolute atomic E-state index is 11.7. The maximum Gasteiger partial charge on any atom is 0.259 e. The van der Waals surface area contributed by atoms with Crippen molar-refractivity contribution in [2.75, 3.05) is 5.32 Å². The average molecular weight is 267 g/mol. The predicted octanol–water partition coefficient (Wildman–Crippen LogP) is 1.82. The number of carbonyl (C=O) groups is 1. The van der Waals surface area contributed by atoms with Crippen LogP contribution in [0.5, 0.6) is 0 Å². The van der Waals surface area contributed by atoms with Gasteiger partial charge in [0.25, 0.3) is 5.91 Å². The largest absolute Gasteiger partial charge is 0.331 e. The Labute approximate surface area is 94.1 Å². The minimum Gasteiger partial charge on any atom is -0.331 e. The summed E-state index contributed by atoms with van der Waals surface area (Å²) >= 11 is 3.25. The standard InChI is InChI=1S/C9H7BrN4O/c10-7-5-11-2-1-6(7)8(15)14-9-12-3-4-13-9/h1-5H,(H2,12,13,14,15). The highest BCUT2D eigenvalue weighted by atomic mass is 79.9. The van der Waals surface area contributed by atoms with Gasteiger partial charge in [-0.25, -0.2) is 4.98 Å². The van der Waals surface area contributed by atoms with Gasteiger partial charge in [-0.05, 0) is 22.0 Å². The molecule has 0 atom stereocenters. The molecule has 76 valence electrons. The Balaban J connectivity index is 2.19. The molecule has 0 aliphatic rings. The van der Waals surface area contributed by atoms with Crippen LogP contribution in [0.3, 0.4) is 0 Å². The van der Waals surface area contributed by atoms with Crippen molar-refractivity contribution in [1.29, 1.82) is 0 Å². The van der Waals surface area contributed by atoms with Crippen LogP contribution in [0.1, 0.15) is 10.4 Å². The fourth-order valence-electron chi connectivity index (χ4n) is 1.07. The van der Waals surface area contributed by atoms with Crippen molar-refractivity contribution in [1.82, 2.24) is 15.0 Å². The second-order valence-electron chi connectivity index (χ2n) is 2.75. The molecule has 2 N–H and O–H groups in total. The summed E-state index contributed by atoms with van der Waals surface area (Å²) in [6.07, 6.45) is 6.33. The van der Waals surface area contributed by atoms with Gasteiger partial charge in [0.1, 0.15) is 0 Å². The van der Waals surface area contributed by atoms with Gasteiger partial charge in [-0.2, -0.15) is 0 Å². The summed E-state index contributed by atoms with van der Waals surface area (Å²) in [5.41, 5.74) is 0.515. The van der Waals surface area contributed by atoms with E-state index in [1.807, 2.05) is 0 Å². The summed E-state index contributed by atoms with van der Waals surface area (Å²) in [5.74, 6) is 0.183. The number of nitrogens with zero attached hydrogens (tertiary/aromatic N) is 2. The number of hydrogen-bond acceptors (Lipinski definition) is 3. The minimum atomic E-state index is -0.237. The lowest BCUT2D eigenvalue weighted by Gasteiger charge is -2.02. The number of pyridine rings is 1. The number of H-pyrrole nitrogens is 1. The van der Waals surface area contributed by atoms with E-state index in [-0.39, 0.29) is 5.91 Å². The monoisotopic (exact) mass is 266 g/mol. The lowest BCUT2D eigenvalue weighted by molar-refractivity contribution is 0.102. The predicted molar refractivity (Wildman–Crippen MR) is 58.5 cm³/mol. The average Bonchev–Trinajstić information content (AvgIpc) is 2.71. The molecule has 1 amide bonds. The molecule has 0 aliphatic carbocycles. The number of aromatic nitrogens is 3. The van der Waals surface area contributed by atoms with Crippen molar-refractivity contribution in [2.45, 2.75) is 0 Å². The van der Waals surface area contributed by atoms with E-state index in [9.17, 15) is 4.79 Å². The van der Waals surface area contributed by atoms with E-state index in [0.717, 1.165) is 0 Å². The highest BCUT2D eigenvalue weighted by Gasteiger charge is 2.10. The Morgan fingerprint density at radius 1 is 1.47 bits per heavy atom. The van der Waals surface area contributed by atoms with Crippen LogP contribution >= 0.6 is 15.9 Å². The second-order valence-corrected chi connectivity index (χ2v) is 3.60. The quantitative estimate of drug-likeness (QED) is 0.871. The summed E-state index contributed by atoms with van der Waals surface area (Å²) in [5, 5.41) is 2.62. The van der Waals surface area contributed by atoms with Gasteiger partial charge in [-0.15, -0.1) is 0 Å². The molecule has 0 radical (unpaired) electrons. The fraction of sp³-hybridized carbons (Fsp3) is 0. The van der Waals surface area contributed by atoms with Crippen LogP contribution in [0.15, 0.2) is 35.3 Å². The van der Waals surface area contributed by atoms with Gasteiger partial charge in [0.05, 0.1) is 5.56 Å². The topological polar surface area (TPSA) is 70.7 Å². The van der Waals surface area contributed by atoms with Crippen LogP contribution in [-0.4, -0.2) is 20.9 Å². The van der Waals surface area contributed by atoms with E-state index < -0.39 is 0 Å². The van der Waals surface area contributed by atoms with Crippen molar-refractivity contribution in [2.24, 2.45) is 0 Å². The number of halogens is 1. The first-order valence-electron chi connectivity index (χ1n) is 4.17. The maximum atomic E-state index is 11.7. The molecule has 0 bridgehead atoms. The zero-order chi connectivity index (χ0) is 10.7. The third kappa shape index (κ3) is 2.21. The molecular formula is C9H7BrN4O. The van der Waals surface area contributed by atoms with Crippen molar-refractivity contribution < 1.29 is 4.79 Å². The molecule has 0 aliphatic heterocycles. The first-order valence-corrected chi connectivity index (χ1v) is 4.97. The number of hydrogen-bond donors (Lipinski definition) is 2. The highest BCUT2D eigenvalue weighted by Crippen LogP contribution is 2.15. The molecule has 6 heteroatoms. The zero-order valence-corrected chi connectivity index (χ0v) is 9.15. The van der Waals surface area contributed by atoms with E-state index >= 15 is 0 Å². The summed E-state index contributed by atoms with van der Waals surface area (Å²) in [6, 6.07) is 1.63. The van der Waals surface area contributed by atoms with Gasteiger partial charge in [-0.3, -0.25) is 15.1 Å². The molecule has 2 rings (SSSR count). The first-order chi connectivity index (χ1) is 7.27. The molecule has 0 unspecified atom stereocenters. The summed E-state index contributed by atoms with van der Waals surface area (Å²) in [7, 11) is 0. The van der Waals surface area contributed by atoms with E-state index in [0.29, 0.717) is 16.0 Å². The van der Waals surface area contributed by atoms with Crippen LogP contribution in [0.4, 0.5) is 5.95 Å². The van der Waals surface area contributed by atoms with Gasteiger partial charge in [0.15, 0.2) is 0 Å². The fourth-order valence-corrected chi connectivity index (χ4v) is 1.50. The number of rotatable bonds is 2. The van der Waals surface area contributed by atoms with Crippen molar-refractivity contribution in [3.63, 3.8) is 0 Å². The van der Waals surface area contributed by atoms with Gasteiger partial charge in [-0.1, -0.05) is 0 Å². The van der Waals surface area contributed by atoms with E-state index in [1.165, 1.54) is 0 Å². The molecule has 5 nitrogen and oxygen atoms in total. The number of amides is 1. The van der Waals surface area contributed by atoms with Gasteiger partial charge in [0.2, 0.25) is 5.95 Å². The molecule has 0 saturated heterocycles. The van der Waals surface area contributed by atoms with Gasteiger partial charge in [0, 0.05) is 29.3 Å². The van der Waals surface area contributed by atoms with Crippen LogP contribution in [0.2, 0.25) is 0 Å². The molecule has 2 aromatic rings. The molecule has 2 aromatic heterocycles. The second kappa shape index (κ2) is 4.22. The van der Waals surface area contributed by atoms with E-state index in [2.05, 4.69) is 36.2 Å². The molecule has 0 saturated carbocycles. The lowest BCUT2D eigenvalue weighted by Crippen LogP contribution is -2.13. The Kier molecular flexibility index (Phi) is 2.77. The van der Waals surface area contributed by atoms with E-state index in [1.54, 1.807) is 30.9 Å². The number of carbonyl (C=O) groups excluding carboxylic acids is 1. The molecule has 0 aromatic carbocycles. The Morgan fingerprint density at radius 3 is 3.00 bits per heavy atom. The molecule has 0 fully saturated rings. The molecule has 15 heavy (non-hydrogen) atoms. The Morgan fingerprint density at radius 2 is 2.33 bits per heavy atom. The summed E-state index contributed by atoms with van der Waals surface area (Å²) in [6.45, 7) is 0. The normalized spacial score (nSPS) is 9.93. The molecular weight excluding hydrogens is 260 g/mol. The van der Waals surface area contributed by atoms with Crippen LogP contribution < -0.4 is 5.32 Å². The highest BCUT2D eigenvalue weighted by molar-refractivity contribution is 9.10. The SMILES string of the molecule is O=C(Nc1ncc[nH]1)c1ccncc1Br. The van der Waals surface area contributed by atoms with Crippen LogP contribution in [0.25, 0.3) is 0 Å². The van der Waals surface area contributed by atoms with E-state index in [4.69, 9.17) is 0 Å². The number of anilines is 1. The smallest absolute Gasteiger partial charge is 0.259 e. The number of nitrogens with one attached hydrogen (secondary N) is 2. The first kappa shape index (κ1) is 9.85. The zero-order valence-electron chi connectivity index (χ0n) is 7.57. The van der Waals surface area contributed by atoms with Crippen molar-refractivity contribution in [3.8, 4) is 0 Å². The third-order valence-electron chi connectivity index (χ3n) is 1.75. The number of aromatic amines is 1. The summed E-state index contributed by atoms with van der Waals surface area (Å²) < 4.78 is 0.647. The van der Waals surface area contributed by atoms with Crippen LogP contribution in [-0.2, 0) is 0 Å². The molecule has 0 spiro atoms. The minimum absolute atomic E-state index is 0.237. The Hall–Kier alpha value is -1.69. The molecule has 2 heterocycles. The van der Waals surface area contributed by atoms with Crippen molar-refractivity contribution in [3.05, 3.63) is 40.9 Å². The number of imidazole rings is 1. The summed E-state index contributed by atoms with van der Waals surface area (Å²) in [4.78, 5) is 22.3. The van der Waals surface area contributed by atoms with Gasteiger partial charge < -0.3 is 4.98 Å². The van der Waals surface area contributed by atoms with Crippen molar-refractivity contribution >= 4 is 27.8 Å². The van der Waals surface area contributed by atoms with Crippen LogP contribution in [0, 0.1) is 0 Å². The van der Waals surface area contributed by atoms with Gasteiger partial charge >= 0.3 is 0 Å². The Bertz CT molecular complexity index is 469. The lowest BCUT2D eigenvalue weighted by atomic mass is 10.2.